The Labute approximate surface area is 177 Å². The van der Waals surface area contributed by atoms with Gasteiger partial charge in [0.15, 0.2) is 0 Å². The zero-order chi connectivity index (χ0) is 21.8. The lowest BCUT2D eigenvalue weighted by Gasteiger charge is -2.11. The van der Waals surface area contributed by atoms with E-state index < -0.39 is 0 Å². The second-order valence-electron chi connectivity index (χ2n) is 7.23. The van der Waals surface area contributed by atoms with E-state index in [2.05, 4.69) is 27.4 Å². The predicted octanol–water partition coefficient (Wildman–Crippen LogP) is 3.57. The Balaban J connectivity index is 1.99. The first-order valence-corrected chi connectivity index (χ1v) is 10.6. The number of aromatic nitrogens is 2. The summed E-state index contributed by atoms with van der Waals surface area (Å²) in [5.74, 6) is -0.334. The number of amides is 1. The van der Waals surface area contributed by atoms with E-state index in [0.29, 0.717) is 50.0 Å². The smallest absolute Gasteiger partial charge is 0.305 e. The number of esters is 1. The van der Waals surface area contributed by atoms with Crippen LogP contribution in [0.5, 0.6) is 0 Å². The first-order valence-electron chi connectivity index (χ1n) is 10.6. The molecule has 7 nitrogen and oxygen atoms in total. The largest absolute Gasteiger partial charge is 0.466 e. The minimum atomic E-state index is -0.290. The molecule has 1 amide bonds. The SMILES string of the molecule is CCOC(=O)CCCCc1nc(NC(C)=O)[nH]c(=O)c1CCCCc1ccccc1. The van der Waals surface area contributed by atoms with Crippen LogP contribution in [0.4, 0.5) is 5.95 Å². The molecule has 1 aromatic heterocycles. The minimum absolute atomic E-state index is 0.168. The van der Waals surface area contributed by atoms with Gasteiger partial charge >= 0.3 is 5.97 Å². The summed E-state index contributed by atoms with van der Waals surface area (Å²) in [6, 6.07) is 10.3. The van der Waals surface area contributed by atoms with Crippen molar-refractivity contribution in [3.05, 3.63) is 57.5 Å². The second-order valence-corrected chi connectivity index (χ2v) is 7.23. The molecule has 0 bridgehead atoms. The quantitative estimate of drug-likeness (QED) is 0.409. The van der Waals surface area contributed by atoms with E-state index in [1.165, 1.54) is 12.5 Å². The topological polar surface area (TPSA) is 101 Å². The number of hydrogen-bond acceptors (Lipinski definition) is 5. The van der Waals surface area contributed by atoms with E-state index in [0.717, 1.165) is 19.3 Å². The molecule has 2 aromatic rings. The molecule has 1 aromatic carbocycles. The van der Waals surface area contributed by atoms with E-state index >= 15 is 0 Å². The van der Waals surface area contributed by atoms with E-state index in [9.17, 15) is 14.4 Å². The van der Waals surface area contributed by atoms with Gasteiger partial charge < -0.3 is 4.74 Å². The van der Waals surface area contributed by atoms with Crippen LogP contribution >= 0.6 is 0 Å². The van der Waals surface area contributed by atoms with Crippen molar-refractivity contribution in [2.45, 2.75) is 65.2 Å². The number of ether oxygens (including phenoxy) is 1. The van der Waals surface area contributed by atoms with Gasteiger partial charge in [0.05, 0.1) is 12.3 Å². The highest BCUT2D eigenvalue weighted by Gasteiger charge is 2.13. The molecule has 0 aliphatic heterocycles. The third-order valence-corrected chi connectivity index (χ3v) is 4.73. The maximum atomic E-state index is 12.6. The molecule has 0 atom stereocenters. The van der Waals surface area contributed by atoms with E-state index in [1.807, 2.05) is 18.2 Å². The molecular weight excluding hydrogens is 382 g/mol. The van der Waals surface area contributed by atoms with Crippen LogP contribution in [0.2, 0.25) is 0 Å². The highest BCUT2D eigenvalue weighted by atomic mass is 16.5. The summed E-state index contributed by atoms with van der Waals surface area (Å²) >= 11 is 0. The molecular formula is C23H31N3O4. The summed E-state index contributed by atoms with van der Waals surface area (Å²) in [7, 11) is 0. The lowest BCUT2D eigenvalue weighted by atomic mass is 10.0. The average molecular weight is 414 g/mol. The number of aromatic amines is 1. The fraction of sp³-hybridized carbons (Fsp3) is 0.478. The van der Waals surface area contributed by atoms with Crippen LogP contribution in [0.15, 0.2) is 35.1 Å². The summed E-state index contributed by atoms with van der Waals surface area (Å²) in [6.07, 6.45) is 5.73. The van der Waals surface area contributed by atoms with Crippen LogP contribution < -0.4 is 10.9 Å². The molecule has 2 rings (SSSR count). The highest BCUT2D eigenvalue weighted by Crippen LogP contribution is 2.14. The number of aryl methyl sites for hydroxylation is 2. The third-order valence-electron chi connectivity index (χ3n) is 4.73. The maximum absolute atomic E-state index is 12.6. The van der Waals surface area contributed by atoms with Crippen LogP contribution in [-0.4, -0.2) is 28.5 Å². The molecule has 0 radical (unpaired) electrons. The van der Waals surface area contributed by atoms with Crippen LogP contribution in [0, 0.1) is 0 Å². The van der Waals surface area contributed by atoms with Gasteiger partial charge in [-0.15, -0.1) is 0 Å². The average Bonchev–Trinajstić information content (AvgIpc) is 2.70. The van der Waals surface area contributed by atoms with Crippen LogP contribution in [-0.2, 0) is 33.6 Å². The van der Waals surface area contributed by atoms with Crippen molar-refractivity contribution < 1.29 is 14.3 Å². The van der Waals surface area contributed by atoms with Crippen LogP contribution in [0.25, 0.3) is 0 Å². The lowest BCUT2D eigenvalue weighted by Crippen LogP contribution is -2.22. The zero-order valence-corrected chi connectivity index (χ0v) is 17.8. The Kier molecular flexibility index (Phi) is 9.77. The Hall–Kier alpha value is -2.96. The number of rotatable bonds is 12. The van der Waals surface area contributed by atoms with Crippen molar-refractivity contribution in [1.82, 2.24) is 9.97 Å². The molecule has 0 fully saturated rings. The molecule has 1 heterocycles. The van der Waals surface area contributed by atoms with Gasteiger partial charge in [0, 0.05) is 18.9 Å². The van der Waals surface area contributed by atoms with Crippen molar-refractivity contribution in [2.75, 3.05) is 11.9 Å². The van der Waals surface area contributed by atoms with Gasteiger partial charge in [-0.05, 0) is 57.4 Å². The molecule has 0 saturated heterocycles. The molecule has 0 unspecified atom stereocenters. The molecule has 0 saturated carbocycles. The Morgan fingerprint density at radius 3 is 2.43 bits per heavy atom. The Morgan fingerprint density at radius 1 is 1.03 bits per heavy atom. The van der Waals surface area contributed by atoms with Crippen molar-refractivity contribution >= 4 is 17.8 Å². The fourth-order valence-electron chi connectivity index (χ4n) is 3.31. The molecule has 162 valence electrons. The van der Waals surface area contributed by atoms with Crippen molar-refractivity contribution in [3.8, 4) is 0 Å². The molecule has 2 N–H and O–H groups in total. The molecule has 0 aliphatic carbocycles. The monoisotopic (exact) mass is 413 g/mol. The number of benzene rings is 1. The number of hydrogen-bond donors (Lipinski definition) is 2. The van der Waals surface area contributed by atoms with Gasteiger partial charge in [-0.2, -0.15) is 0 Å². The predicted molar refractivity (Wildman–Crippen MR) is 116 cm³/mol. The number of anilines is 1. The summed E-state index contributed by atoms with van der Waals surface area (Å²) < 4.78 is 4.94. The van der Waals surface area contributed by atoms with Crippen LogP contribution in [0.1, 0.15) is 62.8 Å². The summed E-state index contributed by atoms with van der Waals surface area (Å²) in [5, 5.41) is 2.55. The number of nitrogens with zero attached hydrogens (tertiary/aromatic N) is 1. The van der Waals surface area contributed by atoms with E-state index in [1.54, 1.807) is 6.92 Å². The molecule has 30 heavy (non-hydrogen) atoms. The Bertz CT molecular complexity index is 878. The second kappa shape index (κ2) is 12.6. The van der Waals surface area contributed by atoms with E-state index in [-0.39, 0.29) is 23.4 Å². The summed E-state index contributed by atoms with van der Waals surface area (Å²) in [5.41, 5.74) is 2.41. The summed E-state index contributed by atoms with van der Waals surface area (Å²) in [6.45, 7) is 3.53. The maximum Gasteiger partial charge on any atom is 0.305 e. The van der Waals surface area contributed by atoms with Gasteiger partial charge in [0.1, 0.15) is 0 Å². The molecule has 0 aliphatic rings. The van der Waals surface area contributed by atoms with Crippen molar-refractivity contribution in [1.29, 1.82) is 0 Å². The summed E-state index contributed by atoms with van der Waals surface area (Å²) in [4.78, 5) is 42.6. The van der Waals surface area contributed by atoms with Crippen molar-refractivity contribution in [3.63, 3.8) is 0 Å². The molecule has 7 heteroatoms. The van der Waals surface area contributed by atoms with Crippen molar-refractivity contribution in [2.24, 2.45) is 0 Å². The van der Waals surface area contributed by atoms with Gasteiger partial charge in [0.2, 0.25) is 11.9 Å². The number of carbonyl (C=O) groups excluding carboxylic acids is 2. The third kappa shape index (κ3) is 8.19. The number of H-pyrrole nitrogens is 1. The first kappa shape index (κ1) is 23.3. The van der Waals surface area contributed by atoms with E-state index in [4.69, 9.17) is 4.74 Å². The minimum Gasteiger partial charge on any atom is -0.466 e. The lowest BCUT2D eigenvalue weighted by molar-refractivity contribution is -0.143. The van der Waals surface area contributed by atoms with Gasteiger partial charge in [-0.1, -0.05) is 30.3 Å². The normalized spacial score (nSPS) is 10.6. The van der Waals surface area contributed by atoms with Gasteiger partial charge in [-0.3, -0.25) is 24.7 Å². The zero-order valence-electron chi connectivity index (χ0n) is 17.8. The highest BCUT2D eigenvalue weighted by molar-refractivity contribution is 5.86. The fourth-order valence-corrected chi connectivity index (χ4v) is 3.31. The van der Waals surface area contributed by atoms with Gasteiger partial charge in [0.25, 0.3) is 5.56 Å². The van der Waals surface area contributed by atoms with Crippen LogP contribution in [0.3, 0.4) is 0 Å². The Morgan fingerprint density at radius 2 is 1.73 bits per heavy atom. The standard InChI is InChI=1S/C23H31N3O4/c1-3-30-21(28)16-10-9-15-20-19(22(29)26-23(25-20)24-17(2)27)14-8-7-13-18-11-5-4-6-12-18/h4-6,11-12H,3,7-10,13-16H2,1-2H3,(H2,24,25,26,27,29). The molecule has 0 spiro atoms. The number of nitrogens with one attached hydrogen (secondary N) is 2. The number of unbranched alkanes of at least 4 members (excludes halogenated alkanes) is 2. The first-order chi connectivity index (χ1) is 14.5. The van der Waals surface area contributed by atoms with Gasteiger partial charge in [-0.25, -0.2) is 4.98 Å². The number of carbonyl (C=O) groups is 2.